The van der Waals surface area contributed by atoms with E-state index in [0.29, 0.717) is 0 Å². The number of rotatable bonds is 4. The van der Waals surface area contributed by atoms with E-state index in [4.69, 9.17) is 0 Å². The molecule has 2 rings (SSSR count). The van der Waals surface area contributed by atoms with Crippen molar-refractivity contribution in [1.29, 1.82) is 0 Å². The fraction of sp³-hybridized carbons (Fsp3) is 0.182. The molecule has 4 heteroatoms. The van der Waals surface area contributed by atoms with Gasteiger partial charge in [-0.2, -0.15) is 5.10 Å². The van der Waals surface area contributed by atoms with Crippen LogP contribution in [0.3, 0.4) is 0 Å². The summed E-state index contributed by atoms with van der Waals surface area (Å²) in [6.45, 7) is 1.46. The lowest BCUT2D eigenvalue weighted by molar-refractivity contribution is 0.624. The van der Waals surface area contributed by atoms with Crippen molar-refractivity contribution in [2.24, 2.45) is 0 Å². The molecule has 78 valence electrons. The minimum atomic E-state index is -0.202. The van der Waals surface area contributed by atoms with Crippen molar-refractivity contribution in [1.82, 2.24) is 15.5 Å². The lowest BCUT2D eigenvalue weighted by atomic mass is 10.2. The molecule has 1 heterocycles. The van der Waals surface area contributed by atoms with E-state index in [0.717, 1.165) is 24.3 Å². The molecule has 0 amide bonds. The number of halogens is 1. The summed E-state index contributed by atoms with van der Waals surface area (Å²) in [5.74, 6) is -0.202. The van der Waals surface area contributed by atoms with Gasteiger partial charge >= 0.3 is 0 Å². The second-order valence-corrected chi connectivity index (χ2v) is 3.31. The Bertz CT molecular complexity index is 394. The maximum atomic E-state index is 12.6. The lowest BCUT2D eigenvalue weighted by Crippen LogP contribution is -2.12. The third-order valence-corrected chi connectivity index (χ3v) is 2.12. The predicted octanol–water partition coefficient (Wildman–Crippen LogP) is 1.84. The summed E-state index contributed by atoms with van der Waals surface area (Å²) in [4.78, 5) is 0. The van der Waals surface area contributed by atoms with Crippen LogP contribution >= 0.6 is 0 Å². The molecule has 0 spiro atoms. The first-order valence-electron chi connectivity index (χ1n) is 4.78. The van der Waals surface area contributed by atoms with E-state index in [1.54, 1.807) is 18.3 Å². The smallest absolute Gasteiger partial charge is 0.123 e. The number of hydrogen-bond acceptors (Lipinski definition) is 2. The number of aromatic amines is 1. The zero-order chi connectivity index (χ0) is 10.5. The minimum absolute atomic E-state index is 0.202. The molecular formula is C11H12FN3. The fourth-order valence-electron chi connectivity index (χ4n) is 1.33. The number of aromatic nitrogens is 2. The highest BCUT2D eigenvalue weighted by Crippen LogP contribution is 2.02. The number of H-pyrrole nitrogens is 1. The van der Waals surface area contributed by atoms with Crippen LogP contribution < -0.4 is 5.32 Å². The first-order valence-corrected chi connectivity index (χ1v) is 4.78. The highest BCUT2D eigenvalue weighted by molar-refractivity contribution is 5.15. The molecule has 0 saturated carbocycles. The Hall–Kier alpha value is -1.68. The van der Waals surface area contributed by atoms with Gasteiger partial charge < -0.3 is 5.32 Å². The fourth-order valence-corrected chi connectivity index (χ4v) is 1.33. The number of benzene rings is 1. The zero-order valence-electron chi connectivity index (χ0n) is 8.20. The van der Waals surface area contributed by atoms with Crippen molar-refractivity contribution < 1.29 is 4.39 Å². The van der Waals surface area contributed by atoms with Crippen molar-refractivity contribution in [2.75, 3.05) is 0 Å². The van der Waals surface area contributed by atoms with Crippen LogP contribution in [0.15, 0.2) is 36.5 Å². The van der Waals surface area contributed by atoms with Crippen molar-refractivity contribution in [2.45, 2.75) is 13.1 Å². The van der Waals surface area contributed by atoms with E-state index in [2.05, 4.69) is 15.5 Å². The second kappa shape index (κ2) is 4.70. The monoisotopic (exact) mass is 205 g/mol. The van der Waals surface area contributed by atoms with Crippen molar-refractivity contribution in [3.8, 4) is 0 Å². The van der Waals surface area contributed by atoms with Crippen molar-refractivity contribution >= 4 is 0 Å². The average Bonchev–Trinajstić information content (AvgIpc) is 2.74. The minimum Gasteiger partial charge on any atom is -0.307 e. The summed E-state index contributed by atoms with van der Waals surface area (Å²) in [5.41, 5.74) is 2.10. The molecule has 2 N–H and O–H groups in total. The SMILES string of the molecule is Fc1ccc(CNCc2ccn[nH]2)cc1. The summed E-state index contributed by atoms with van der Waals surface area (Å²) < 4.78 is 12.6. The molecule has 0 aliphatic rings. The predicted molar refractivity (Wildman–Crippen MR) is 55.5 cm³/mol. The van der Waals surface area contributed by atoms with Crippen molar-refractivity contribution in [3.05, 3.63) is 53.6 Å². The van der Waals surface area contributed by atoms with Gasteiger partial charge in [-0.1, -0.05) is 12.1 Å². The average molecular weight is 205 g/mol. The molecule has 15 heavy (non-hydrogen) atoms. The van der Waals surface area contributed by atoms with Gasteiger partial charge in [-0.05, 0) is 23.8 Å². The Kier molecular flexibility index (Phi) is 3.09. The molecule has 0 aliphatic carbocycles. The van der Waals surface area contributed by atoms with Gasteiger partial charge in [-0.15, -0.1) is 0 Å². The van der Waals surface area contributed by atoms with Gasteiger partial charge in [0.15, 0.2) is 0 Å². The summed E-state index contributed by atoms with van der Waals surface area (Å²) >= 11 is 0. The van der Waals surface area contributed by atoms with Gasteiger partial charge in [-0.3, -0.25) is 5.10 Å². The summed E-state index contributed by atoms with van der Waals surface area (Å²) in [6, 6.07) is 8.39. The van der Waals surface area contributed by atoms with E-state index in [9.17, 15) is 4.39 Å². The molecule has 0 saturated heterocycles. The number of nitrogens with zero attached hydrogens (tertiary/aromatic N) is 1. The highest BCUT2D eigenvalue weighted by Gasteiger charge is 1.95. The topological polar surface area (TPSA) is 40.7 Å². The van der Waals surface area contributed by atoms with E-state index >= 15 is 0 Å². The van der Waals surface area contributed by atoms with E-state index < -0.39 is 0 Å². The third kappa shape index (κ3) is 2.89. The molecule has 1 aromatic heterocycles. The Morgan fingerprint density at radius 2 is 1.93 bits per heavy atom. The van der Waals surface area contributed by atoms with Crippen LogP contribution in [0, 0.1) is 5.82 Å². The maximum absolute atomic E-state index is 12.6. The summed E-state index contributed by atoms with van der Waals surface area (Å²) in [5, 5.41) is 9.93. The highest BCUT2D eigenvalue weighted by atomic mass is 19.1. The van der Waals surface area contributed by atoms with Gasteiger partial charge in [0.05, 0.1) is 0 Å². The zero-order valence-corrected chi connectivity index (χ0v) is 8.20. The molecule has 0 aliphatic heterocycles. The van der Waals surface area contributed by atoms with Gasteiger partial charge in [0, 0.05) is 25.0 Å². The Balaban J connectivity index is 1.81. The van der Waals surface area contributed by atoms with Crippen LogP contribution in [0.25, 0.3) is 0 Å². The number of nitrogens with one attached hydrogen (secondary N) is 2. The Morgan fingerprint density at radius 1 is 1.13 bits per heavy atom. The van der Waals surface area contributed by atoms with Gasteiger partial charge in [-0.25, -0.2) is 4.39 Å². The van der Waals surface area contributed by atoms with Crippen LogP contribution in [0.4, 0.5) is 4.39 Å². The normalized spacial score (nSPS) is 10.5. The van der Waals surface area contributed by atoms with Crippen molar-refractivity contribution in [3.63, 3.8) is 0 Å². The van der Waals surface area contributed by atoms with E-state index in [1.165, 1.54) is 12.1 Å². The number of hydrogen-bond donors (Lipinski definition) is 2. The summed E-state index contributed by atoms with van der Waals surface area (Å²) in [7, 11) is 0. The van der Waals surface area contributed by atoms with Crippen LogP contribution in [0.1, 0.15) is 11.3 Å². The second-order valence-electron chi connectivity index (χ2n) is 3.31. The molecule has 0 bridgehead atoms. The largest absolute Gasteiger partial charge is 0.307 e. The van der Waals surface area contributed by atoms with Crippen LogP contribution in [-0.4, -0.2) is 10.2 Å². The standard InChI is InChI=1S/C11H12FN3/c12-10-3-1-9(2-4-10)7-13-8-11-5-6-14-15-11/h1-6,13H,7-8H2,(H,14,15). The van der Waals surface area contributed by atoms with Gasteiger partial charge in [0.2, 0.25) is 0 Å². The maximum Gasteiger partial charge on any atom is 0.123 e. The summed E-state index contributed by atoms with van der Waals surface area (Å²) in [6.07, 6.45) is 1.72. The quantitative estimate of drug-likeness (QED) is 0.799. The van der Waals surface area contributed by atoms with E-state index in [1.807, 2.05) is 6.07 Å². The molecule has 0 fully saturated rings. The molecule has 0 unspecified atom stereocenters. The Labute approximate surface area is 87.3 Å². The third-order valence-electron chi connectivity index (χ3n) is 2.12. The van der Waals surface area contributed by atoms with Crippen LogP contribution in [0.5, 0.6) is 0 Å². The first-order chi connectivity index (χ1) is 7.34. The van der Waals surface area contributed by atoms with Crippen LogP contribution in [0.2, 0.25) is 0 Å². The Morgan fingerprint density at radius 3 is 2.60 bits per heavy atom. The van der Waals surface area contributed by atoms with Gasteiger partial charge in [0.1, 0.15) is 5.82 Å². The molecule has 1 aromatic carbocycles. The lowest BCUT2D eigenvalue weighted by Gasteiger charge is -2.02. The molecule has 0 radical (unpaired) electrons. The molecule has 0 atom stereocenters. The van der Waals surface area contributed by atoms with Crippen LogP contribution in [-0.2, 0) is 13.1 Å². The molecular weight excluding hydrogens is 193 g/mol. The molecule has 2 aromatic rings. The first kappa shape index (κ1) is 9.86. The van der Waals surface area contributed by atoms with E-state index in [-0.39, 0.29) is 5.82 Å². The molecule has 3 nitrogen and oxygen atoms in total. The van der Waals surface area contributed by atoms with Gasteiger partial charge in [0.25, 0.3) is 0 Å².